The summed E-state index contributed by atoms with van der Waals surface area (Å²) in [5.74, 6) is 0.376. The minimum absolute atomic E-state index is 0.0795. The number of rotatable bonds is 7. The lowest BCUT2D eigenvalue weighted by Crippen LogP contribution is -2.21. The molecular weight excluding hydrogens is 308 g/mol. The molecule has 0 aliphatic rings. The zero-order valence-electron chi connectivity index (χ0n) is 13.7. The molecular formula is C18H20N2O4. The molecule has 0 saturated heterocycles. The smallest absolute Gasteiger partial charge is 0.262 e. The lowest BCUT2D eigenvalue weighted by molar-refractivity contribution is -0.120. The standard InChI is InChI=1S/C18H20N2O4/c1-12-3-8-16(13(2)9-12)24-11-18(22)20-14-4-6-15(7-5-14)23-10-17(19)21/h3-9H,10-11H2,1-2H3,(H2,19,21)(H,20,22). The summed E-state index contributed by atoms with van der Waals surface area (Å²) in [6, 6.07) is 12.4. The van der Waals surface area contributed by atoms with Crippen molar-refractivity contribution in [3.8, 4) is 11.5 Å². The fourth-order valence-corrected chi connectivity index (χ4v) is 2.09. The minimum atomic E-state index is -0.545. The number of hydrogen-bond acceptors (Lipinski definition) is 4. The van der Waals surface area contributed by atoms with Crippen LogP contribution in [0.1, 0.15) is 11.1 Å². The van der Waals surface area contributed by atoms with Gasteiger partial charge in [-0.2, -0.15) is 0 Å². The van der Waals surface area contributed by atoms with Gasteiger partial charge in [-0.3, -0.25) is 9.59 Å². The summed E-state index contributed by atoms with van der Waals surface area (Å²) in [5, 5.41) is 2.72. The van der Waals surface area contributed by atoms with Crippen molar-refractivity contribution in [1.29, 1.82) is 0 Å². The molecule has 0 radical (unpaired) electrons. The van der Waals surface area contributed by atoms with Crippen LogP contribution in [0.15, 0.2) is 42.5 Å². The van der Waals surface area contributed by atoms with Crippen LogP contribution in [0.5, 0.6) is 11.5 Å². The summed E-state index contributed by atoms with van der Waals surface area (Å²) in [6.07, 6.45) is 0. The molecule has 0 atom stereocenters. The molecule has 2 aromatic carbocycles. The second kappa shape index (κ2) is 8.01. The summed E-state index contributed by atoms with van der Waals surface area (Å²) in [7, 11) is 0. The molecule has 3 N–H and O–H groups in total. The Morgan fingerprint density at radius 2 is 1.71 bits per heavy atom. The van der Waals surface area contributed by atoms with Crippen molar-refractivity contribution >= 4 is 17.5 Å². The number of carbonyl (C=O) groups is 2. The van der Waals surface area contributed by atoms with E-state index in [9.17, 15) is 9.59 Å². The first-order chi connectivity index (χ1) is 11.4. The number of nitrogens with one attached hydrogen (secondary N) is 1. The number of nitrogens with two attached hydrogens (primary N) is 1. The Hall–Kier alpha value is -3.02. The highest BCUT2D eigenvalue weighted by atomic mass is 16.5. The number of hydrogen-bond donors (Lipinski definition) is 2. The second-order valence-corrected chi connectivity index (χ2v) is 5.39. The van der Waals surface area contributed by atoms with Crippen molar-refractivity contribution in [2.75, 3.05) is 18.5 Å². The van der Waals surface area contributed by atoms with Crippen LogP contribution in [0.2, 0.25) is 0 Å². The number of amides is 2. The van der Waals surface area contributed by atoms with Crippen molar-refractivity contribution in [2.45, 2.75) is 13.8 Å². The zero-order chi connectivity index (χ0) is 17.5. The average Bonchev–Trinajstić information content (AvgIpc) is 2.53. The van der Waals surface area contributed by atoms with E-state index in [2.05, 4.69) is 5.32 Å². The van der Waals surface area contributed by atoms with Crippen LogP contribution in [0.25, 0.3) is 0 Å². The summed E-state index contributed by atoms with van der Waals surface area (Å²) in [4.78, 5) is 22.6. The normalized spacial score (nSPS) is 10.1. The van der Waals surface area contributed by atoms with E-state index in [4.69, 9.17) is 15.2 Å². The first-order valence-electron chi connectivity index (χ1n) is 7.45. The van der Waals surface area contributed by atoms with E-state index in [1.807, 2.05) is 32.0 Å². The van der Waals surface area contributed by atoms with Crippen LogP contribution in [-0.4, -0.2) is 25.0 Å². The first kappa shape index (κ1) is 17.3. The average molecular weight is 328 g/mol. The van der Waals surface area contributed by atoms with Gasteiger partial charge in [0.25, 0.3) is 11.8 Å². The van der Waals surface area contributed by atoms with Gasteiger partial charge in [0, 0.05) is 5.69 Å². The van der Waals surface area contributed by atoms with Crippen LogP contribution >= 0.6 is 0 Å². The SMILES string of the molecule is Cc1ccc(OCC(=O)Nc2ccc(OCC(N)=O)cc2)c(C)c1. The molecule has 24 heavy (non-hydrogen) atoms. The molecule has 0 aliphatic carbocycles. The molecule has 0 unspecified atom stereocenters. The summed E-state index contributed by atoms with van der Waals surface area (Å²) < 4.78 is 10.7. The molecule has 0 heterocycles. The molecule has 2 amide bonds. The third-order valence-electron chi connectivity index (χ3n) is 3.21. The van der Waals surface area contributed by atoms with Crippen molar-refractivity contribution < 1.29 is 19.1 Å². The van der Waals surface area contributed by atoms with Crippen molar-refractivity contribution in [2.24, 2.45) is 5.73 Å². The number of anilines is 1. The van der Waals surface area contributed by atoms with E-state index in [-0.39, 0.29) is 19.1 Å². The quantitative estimate of drug-likeness (QED) is 0.815. The van der Waals surface area contributed by atoms with Crippen LogP contribution in [0.3, 0.4) is 0 Å². The van der Waals surface area contributed by atoms with Gasteiger partial charge in [0.2, 0.25) is 0 Å². The Morgan fingerprint density at radius 3 is 2.33 bits per heavy atom. The van der Waals surface area contributed by atoms with E-state index < -0.39 is 5.91 Å². The monoisotopic (exact) mass is 328 g/mol. The number of benzene rings is 2. The molecule has 2 rings (SSSR count). The van der Waals surface area contributed by atoms with Crippen molar-refractivity contribution in [3.05, 3.63) is 53.6 Å². The predicted octanol–water partition coefficient (Wildman–Crippen LogP) is 2.19. The predicted molar refractivity (Wildman–Crippen MR) is 91.2 cm³/mol. The second-order valence-electron chi connectivity index (χ2n) is 5.39. The molecule has 2 aromatic rings. The van der Waals surface area contributed by atoms with Gasteiger partial charge < -0.3 is 20.5 Å². The fraction of sp³-hybridized carbons (Fsp3) is 0.222. The van der Waals surface area contributed by atoms with E-state index in [1.165, 1.54) is 0 Å². The van der Waals surface area contributed by atoms with Gasteiger partial charge >= 0.3 is 0 Å². The van der Waals surface area contributed by atoms with Gasteiger partial charge in [-0.05, 0) is 49.7 Å². The third-order valence-corrected chi connectivity index (χ3v) is 3.21. The largest absolute Gasteiger partial charge is 0.484 e. The number of primary amides is 1. The first-order valence-corrected chi connectivity index (χ1v) is 7.45. The Balaban J connectivity index is 1.84. The lowest BCUT2D eigenvalue weighted by atomic mass is 10.1. The van der Waals surface area contributed by atoms with Gasteiger partial charge in [-0.1, -0.05) is 17.7 Å². The summed E-state index contributed by atoms with van der Waals surface area (Å²) >= 11 is 0. The molecule has 0 spiro atoms. The van der Waals surface area contributed by atoms with Crippen LogP contribution in [0, 0.1) is 13.8 Å². The summed E-state index contributed by atoms with van der Waals surface area (Å²) in [6.45, 7) is 3.67. The van der Waals surface area contributed by atoms with Crippen LogP contribution < -0.4 is 20.5 Å². The van der Waals surface area contributed by atoms with E-state index >= 15 is 0 Å². The lowest BCUT2D eigenvalue weighted by Gasteiger charge is -2.10. The van der Waals surface area contributed by atoms with Crippen molar-refractivity contribution in [1.82, 2.24) is 0 Å². The van der Waals surface area contributed by atoms with E-state index in [0.29, 0.717) is 17.2 Å². The van der Waals surface area contributed by atoms with Crippen molar-refractivity contribution in [3.63, 3.8) is 0 Å². The number of ether oxygens (including phenoxy) is 2. The Bertz CT molecular complexity index is 726. The Labute approximate surface area is 140 Å². The highest BCUT2D eigenvalue weighted by Gasteiger charge is 2.06. The highest BCUT2D eigenvalue weighted by Crippen LogP contribution is 2.19. The van der Waals surface area contributed by atoms with Gasteiger partial charge in [-0.15, -0.1) is 0 Å². The van der Waals surface area contributed by atoms with E-state index in [1.54, 1.807) is 24.3 Å². The zero-order valence-corrected chi connectivity index (χ0v) is 13.7. The van der Waals surface area contributed by atoms with Gasteiger partial charge in [0.15, 0.2) is 13.2 Å². The Kier molecular flexibility index (Phi) is 5.78. The van der Waals surface area contributed by atoms with Gasteiger partial charge in [-0.25, -0.2) is 0 Å². The Morgan fingerprint density at radius 1 is 1.00 bits per heavy atom. The van der Waals surface area contributed by atoms with Crippen LogP contribution in [-0.2, 0) is 9.59 Å². The molecule has 6 heteroatoms. The van der Waals surface area contributed by atoms with Crippen LogP contribution in [0.4, 0.5) is 5.69 Å². The number of carbonyl (C=O) groups excluding carboxylic acids is 2. The van der Waals surface area contributed by atoms with E-state index in [0.717, 1.165) is 11.1 Å². The topological polar surface area (TPSA) is 90.7 Å². The molecule has 0 aromatic heterocycles. The molecule has 0 fully saturated rings. The number of aryl methyl sites for hydroxylation is 2. The maximum Gasteiger partial charge on any atom is 0.262 e. The fourth-order valence-electron chi connectivity index (χ4n) is 2.09. The summed E-state index contributed by atoms with van der Waals surface area (Å²) in [5.41, 5.74) is 7.74. The molecule has 0 bridgehead atoms. The molecule has 0 aliphatic heterocycles. The molecule has 126 valence electrons. The maximum atomic E-state index is 11.9. The maximum absolute atomic E-state index is 11.9. The minimum Gasteiger partial charge on any atom is -0.484 e. The van der Waals surface area contributed by atoms with Gasteiger partial charge in [0.1, 0.15) is 11.5 Å². The van der Waals surface area contributed by atoms with Gasteiger partial charge in [0.05, 0.1) is 0 Å². The molecule has 6 nitrogen and oxygen atoms in total. The third kappa shape index (κ3) is 5.31. The molecule has 0 saturated carbocycles. The highest BCUT2D eigenvalue weighted by molar-refractivity contribution is 5.91.